The van der Waals surface area contributed by atoms with E-state index in [1.54, 1.807) is 19.4 Å². The normalized spacial score (nSPS) is 12.6. The van der Waals surface area contributed by atoms with Crippen molar-refractivity contribution in [2.24, 2.45) is 0 Å². The van der Waals surface area contributed by atoms with Crippen molar-refractivity contribution in [3.8, 4) is 0 Å². The lowest BCUT2D eigenvalue weighted by molar-refractivity contribution is -0.122. The Labute approximate surface area is 152 Å². The van der Waals surface area contributed by atoms with Crippen LogP contribution < -0.4 is 9.62 Å². The predicted molar refractivity (Wildman–Crippen MR) is 97.7 cm³/mol. The van der Waals surface area contributed by atoms with Gasteiger partial charge in [0.1, 0.15) is 11.9 Å². The third-order valence-corrected chi connectivity index (χ3v) is 5.04. The lowest BCUT2D eigenvalue weighted by Gasteiger charge is -2.30. The summed E-state index contributed by atoms with van der Waals surface area (Å²) >= 11 is 0. The molecule has 0 aliphatic heterocycles. The minimum absolute atomic E-state index is 0.259. The third kappa shape index (κ3) is 5.29. The Bertz CT molecular complexity index is 807. The second-order valence-corrected chi connectivity index (χ2v) is 7.76. The fourth-order valence-electron chi connectivity index (χ4n) is 2.66. The van der Waals surface area contributed by atoms with Gasteiger partial charge >= 0.3 is 0 Å². The summed E-state index contributed by atoms with van der Waals surface area (Å²) in [6.45, 7) is 2.84. The number of hydrogen-bond donors (Lipinski definition) is 1. The van der Waals surface area contributed by atoms with Gasteiger partial charge < -0.3 is 9.88 Å². The van der Waals surface area contributed by atoms with E-state index in [9.17, 15) is 17.6 Å². The van der Waals surface area contributed by atoms with E-state index < -0.39 is 21.9 Å². The highest BCUT2D eigenvalue weighted by Crippen LogP contribution is 2.22. The summed E-state index contributed by atoms with van der Waals surface area (Å²) in [7, 11) is -3.72. The van der Waals surface area contributed by atoms with E-state index in [1.165, 1.54) is 24.3 Å². The van der Waals surface area contributed by atoms with Crippen LogP contribution in [0.5, 0.6) is 0 Å². The Kier molecular flexibility index (Phi) is 6.73. The first-order valence-corrected chi connectivity index (χ1v) is 10.2. The summed E-state index contributed by atoms with van der Waals surface area (Å²) in [4.78, 5) is 16.5. The molecule has 0 spiro atoms. The summed E-state index contributed by atoms with van der Waals surface area (Å²) in [5.41, 5.74) is 0.259. The van der Waals surface area contributed by atoms with Crippen molar-refractivity contribution >= 4 is 21.6 Å². The molecule has 0 bridgehead atoms. The van der Waals surface area contributed by atoms with E-state index in [4.69, 9.17) is 0 Å². The molecule has 26 heavy (non-hydrogen) atoms. The number of aromatic nitrogens is 2. The molecular weight excluding hydrogens is 359 g/mol. The molecule has 0 aliphatic carbocycles. The Hall–Kier alpha value is -2.42. The van der Waals surface area contributed by atoms with Gasteiger partial charge in [-0.05, 0) is 37.1 Å². The van der Waals surface area contributed by atoms with E-state index in [-0.39, 0.29) is 18.0 Å². The zero-order valence-electron chi connectivity index (χ0n) is 14.8. The predicted octanol–water partition coefficient (Wildman–Crippen LogP) is 1.77. The molecule has 2 rings (SSSR count). The number of nitrogens with one attached hydrogen (secondary N) is 1. The molecule has 1 aromatic heterocycles. The first-order valence-electron chi connectivity index (χ1n) is 8.31. The van der Waals surface area contributed by atoms with Crippen LogP contribution in [0.25, 0.3) is 0 Å². The van der Waals surface area contributed by atoms with Crippen LogP contribution in [0.2, 0.25) is 0 Å². The maximum atomic E-state index is 13.2. The molecule has 1 amide bonds. The number of nitrogens with zero attached hydrogens (tertiary/aromatic N) is 3. The van der Waals surface area contributed by atoms with Gasteiger partial charge in [-0.25, -0.2) is 17.8 Å². The molecule has 1 unspecified atom stereocenters. The highest BCUT2D eigenvalue weighted by molar-refractivity contribution is 7.92. The molecule has 7 nitrogen and oxygen atoms in total. The van der Waals surface area contributed by atoms with Crippen molar-refractivity contribution in [1.29, 1.82) is 0 Å². The molecule has 1 heterocycles. The minimum Gasteiger partial charge on any atom is -0.354 e. The van der Waals surface area contributed by atoms with Gasteiger partial charge in [0, 0.05) is 25.5 Å². The Morgan fingerprint density at radius 1 is 1.35 bits per heavy atom. The highest BCUT2D eigenvalue weighted by atomic mass is 32.2. The van der Waals surface area contributed by atoms with Gasteiger partial charge in [-0.2, -0.15) is 0 Å². The fourth-order valence-corrected chi connectivity index (χ4v) is 3.87. The van der Waals surface area contributed by atoms with Gasteiger partial charge in [-0.1, -0.05) is 6.92 Å². The van der Waals surface area contributed by atoms with Crippen molar-refractivity contribution in [2.45, 2.75) is 32.4 Å². The third-order valence-electron chi connectivity index (χ3n) is 3.86. The number of imidazole rings is 1. The second kappa shape index (κ2) is 8.79. The van der Waals surface area contributed by atoms with Crippen molar-refractivity contribution in [3.05, 3.63) is 48.8 Å². The minimum atomic E-state index is -3.72. The molecule has 0 radical (unpaired) electrons. The number of sulfonamides is 1. The van der Waals surface area contributed by atoms with Crippen molar-refractivity contribution in [3.63, 3.8) is 0 Å². The highest BCUT2D eigenvalue weighted by Gasteiger charge is 2.31. The number of benzene rings is 1. The molecule has 1 N–H and O–H groups in total. The first kappa shape index (κ1) is 19.9. The van der Waals surface area contributed by atoms with E-state index >= 15 is 0 Å². The lowest BCUT2D eigenvalue weighted by Crippen LogP contribution is -2.49. The molecular formula is C17H23FN4O3S. The van der Waals surface area contributed by atoms with E-state index in [1.807, 2.05) is 10.8 Å². The smallest absolute Gasteiger partial charge is 0.243 e. The van der Waals surface area contributed by atoms with Crippen molar-refractivity contribution < 1.29 is 17.6 Å². The Morgan fingerprint density at radius 3 is 2.58 bits per heavy atom. The Balaban J connectivity index is 2.06. The number of anilines is 1. The van der Waals surface area contributed by atoms with Gasteiger partial charge in [0.25, 0.3) is 0 Å². The zero-order chi connectivity index (χ0) is 19.2. The van der Waals surface area contributed by atoms with Crippen LogP contribution in [0.15, 0.2) is 43.0 Å². The molecule has 1 aromatic carbocycles. The average Bonchev–Trinajstić information content (AvgIpc) is 3.10. The van der Waals surface area contributed by atoms with E-state index in [0.717, 1.165) is 10.6 Å². The molecule has 1 atom stereocenters. The number of carbonyl (C=O) groups is 1. The number of aryl methyl sites for hydroxylation is 1. The quantitative estimate of drug-likeness (QED) is 0.670. The average molecular weight is 382 g/mol. The number of hydrogen-bond acceptors (Lipinski definition) is 4. The zero-order valence-corrected chi connectivity index (χ0v) is 15.6. The standard InChI is InChI=1S/C17H23FN4O3S/c1-3-16(17(23)20-9-4-11-21-12-10-19-13-21)22(26(2,24)25)15-7-5-14(18)6-8-15/h5-8,10,12-13,16H,3-4,9,11H2,1-2H3,(H,20,23). The van der Waals surface area contributed by atoms with Crippen molar-refractivity contribution in [1.82, 2.24) is 14.9 Å². The van der Waals surface area contributed by atoms with Crippen molar-refractivity contribution in [2.75, 3.05) is 17.1 Å². The second-order valence-electron chi connectivity index (χ2n) is 5.90. The SMILES string of the molecule is CCC(C(=O)NCCCn1ccnc1)N(c1ccc(F)cc1)S(C)(=O)=O. The van der Waals surface area contributed by atoms with Crippen LogP contribution in [0.3, 0.4) is 0 Å². The maximum absolute atomic E-state index is 13.2. The van der Waals surface area contributed by atoms with Gasteiger partial charge in [-0.3, -0.25) is 9.10 Å². The largest absolute Gasteiger partial charge is 0.354 e. The van der Waals surface area contributed by atoms with Crippen LogP contribution in [-0.4, -0.2) is 42.7 Å². The van der Waals surface area contributed by atoms with Crippen LogP contribution >= 0.6 is 0 Å². The van der Waals surface area contributed by atoms with Crippen LogP contribution in [0.1, 0.15) is 19.8 Å². The summed E-state index contributed by atoms with van der Waals surface area (Å²) in [5, 5.41) is 2.78. The van der Waals surface area contributed by atoms with Crippen LogP contribution in [0.4, 0.5) is 10.1 Å². The molecule has 0 fully saturated rings. The number of rotatable bonds is 9. The number of halogens is 1. The lowest BCUT2D eigenvalue weighted by atomic mass is 10.2. The Morgan fingerprint density at radius 2 is 2.04 bits per heavy atom. The molecule has 0 saturated carbocycles. The first-order chi connectivity index (χ1) is 12.3. The van der Waals surface area contributed by atoms with Gasteiger partial charge in [0.15, 0.2) is 0 Å². The summed E-state index contributed by atoms with van der Waals surface area (Å²) in [5.74, 6) is -0.855. The van der Waals surface area contributed by atoms with Gasteiger partial charge in [0.2, 0.25) is 15.9 Å². The monoisotopic (exact) mass is 382 g/mol. The molecule has 0 aliphatic rings. The summed E-state index contributed by atoms with van der Waals surface area (Å²) < 4.78 is 40.6. The van der Waals surface area contributed by atoms with E-state index in [0.29, 0.717) is 19.5 Å². The van der Waals surface area contributed by atoms with Gasteiger partial charge in [0.05, 0.1) is 18.3 Å². The molecule has 142 valence electrons. The fraction of sp³-hybridized carbons (Fsp3) is 0.412. The summed E-state index contributed by atoms with van der Waals surface area (Å²) in [6, 6.07) is 4.15. The topological polar surface area (TPSA) is 84.3 Å². The van der Waals surface area contributed by atoms with Crippen LogP contribution in [-0.2, 0) is 21.4 Å². The maximum Gasteiger partial charge on any atom is 0.243 e. The molecule has 0 saturated heterocycles. The van der Waals surface area contributed by atoms with Crippen LogP contribution in [0, 0.1) is 5.82 Å². The van der Waals surface area contributed by atoms with E-state index in [2.05, 4.69) is 10.3 Å². The molecule has 2 aromatic rings. The number of amides is 1. The molecule has 9 heteroatoms. The van der Waals surface area contributed by atoms with Gasteiger partial charge in [-0.15, -0.1) is 0 Å². The number of carbonyl (C=O) groups excluding carboxylic acids is 1. The summed E-state index contributed by atoms with van der Waals surface area (Å²) in [6.07, 6.45) is 7.21.